The molecule has 1 aliphatic heterocycles. The van der Waals surface area contributed by atoms with Crippen LogP contribution in [0.2, 0.25) is 10.0 Å². The van der Waals surface area contributed by atoms with E-state index >= 15 is 0 Å². The van der Waals surface area contributed by atoms with Crippen LogP contribution < -0.4 is 10.6 Å². The van der Waals surface area contributed by atoms with Crippen LogP contribution >= 0.6 is 23.2 Å². The molecule has 1 saturated heterocycles. The zero-order valence-corrected chi connectivity index (χ0v) is 13.1. The molecule has 114 valence electrons. The van der Waals surface area contributed by atoms with Gasteiger partial charge in [-0.15, -0.1) is 0 Å². The van der Waals surface area contributed by atoms with Crippen LogP contribution in [0.15, 0.2) is 18.2 Å². The highest BCUT2D eigenvalue weighted by atomic mass is 35.5. The van der Waals surface area contributed by atoms with E-state index in [2.05, 4.69) is 10.6 Å². The summed E-state index contributed by atoms with van der Waals surface area (Å²) in [7, 11) is -3.12. The first kappa shape index (κ1) is 16.1. The SMILES string of the molecule is O=C(Nc1cc(Cl)ccc1Cl)C(=O)NC1CCS(=O)(=O)C1. The number of nitrogens with one attached hydrogen (secondary N) is 2. The quantitative estimate of drug-likeness (QED) is 0.784. The van der Waals surface area contributed by atoms with Gasteiger partial charge in [-0.3, -0.25) is 9.59 Å². The predicted octanol–water partition coefficient (Wildman–Crippen LogP) is 1.24. The molecule has 1 atom stereocenters. The summed E-state index contributed by atoms with van der Waals surface area (Å²) in [6.45, 7) is 0. The molecule has 0 spiro atoms. The van der Waals surface area contributed by atoms with E-state index in [9.17, 15) is 18.0 Å². The molecule has 2 amide bonds. The molecule has 1 aromatic carbocycles. The van der Waals surface area contributed by atoms with Crippen molar-refractivity contribution < 1.29 is 18.0 Å². The van der Waals surface area contributed by atoms with Gasteiger partial charge in [-0.1, -0.05) is 23.2 Å². The molecule has 0 radical (unpaired) electrons. The normalized spacial score (nSPS) is 20.0. The maximum atomic E-state index is 11.8. The Kier molecular flexibility index (Phi) is 4.75. The summed E-state index contributed by atoms with van der Waals surface area (Å²) in [5, 5.41) is 5.31. The molecule has 1 unspecified atom stereocenters. The van der Waals surface area contributed by atoms with Crippen LogP contribution in [0.5, 0.6) is 0 Å². The summed E-state index contributed by atoms with van der Waals surface area (Å²) in [6, 6.07) is 3.90. The van der Waals surface area contributed by atoms with Crippen molar-refractivity contribution in [2.75, 3.05) is 16.8 Å². The number of benzene rings is 1. The van der Waals surface area contributed by atoms with Crippen molar-refractivity contribution in [3.63, 3.8) is 0 Å². The molecule has 0 aliphatic carbocycles. The van der Waals surface area contributed by atoms with Gasteiger partial charge in [0.05, 0.1) is 22.2 Å². The maximum Gasteiger partial charge on any atom is 0.313 e. The van der Waals surface area contributed by atoms with E-state index in [4.69, 9.17) is 23.2 Å². The molecule has 9 heteroatoms. The number of halogens is 2. The van der Waals surface area contributed by atoms with Crippen molar-refractivity contribution in [3.8, 4) is 0 Å². The largest absolute Gasteiger partial charge is 0.344 e. The van der Waals surface area contributed by atoms with Gasteiger partial charge >= 0.3 is 11.8 Å². The molecule has 1 aromatic rings. The van der Waals surface area contributed by atoms with Gasteiger partial charge in [0.25, 0.3) is 0 Å². The number of sulfone groups is 1. The lowest BCUT2D eigenvalue weighted by Gasteiger charge is -2.11. The fraction of sp³-hybridized carbons (Fsp3) is 0.333. The van der Waals surface area contributed by atoms with Crippen LogP contribution in [-0.4, -0.2) is 37.8 Å². The van der Waals surface area contributed by atoms with Crippen molar-refractivity contribution in [1.82, 2.24) is 5.32 Å². The second-order valence-corrected chi connectivity index (χ2v) is 7.72. The van der Waals surface area contributed by atoms with Crippen molar-refractivity contribution in [2.45, 2.75) is 12.5 Å². The Balaban J connectivity index is 1.97. The van der Waals surface area contributed by atoms with Crippen LogP contribution in [-0.2, 0) is 19.4 Å². The molecule has 1 aliphatic rings. The smallest absolute Gasteiger partial charge is 0.313 e. The van der Waals surface area contributed by atoms with Gasteiger partial charge in [-0.25, -0.2) is 8.42 Å². The van der Waals surface area contributed by atoms with Crippen LogP contribution in [0.25, 0.3) is 0 Å². The maximum absolute atomic E-state index is 11.8. The second kappa shape index (κ2) is 6.21. The molecule has 21 heavy (non-hydrogen) atoms. The topological polar surface area (TPSA) is 92.3 Å². The number of amides is 2. The van der Waals surface area contributed by atoms with Crippen LogP contribution in [0.3, 0.4) is 0 Å². The van der Waals surface area contributed by atoms with Gasteiger partial charge in [0, 0.05) is 11.1 Å². The first-order valence-electron chi connectivity index (χ1n) is 6.04. The molecule has 1 heterocycles. The molecule has 0 aromatic heterocycles. The standard InChI is InChI=1S/C12H12Cl2N2O4S/c13-7-1-2-9(14)10(5-7)16-12(18)11(17)15-8-3-4-21(19,20)6-8/h1-2,5,8H,3-4,6H2,(H,15,17)(H,16,18). The summed E-state index contributed by atoms with van der Waals surface area (Å²) < 4.78 is 22.6. The lowest BCUT2D eigenvalue weighted by Crippen LogP contribution is -2.42. The molecule has 2 N–H and O–H groups in total. The van der Waals surface area contributed by atoms with E-state index in [1.807, 2.05) is 0 Å². The first-order chi connectivity index (χ1) is 9.77. The Morgan fingerprint density at radius 1 is 1.19 bits per heavy atom. The summed E-state index contributed by atoms with van der Waals surface area (Å²) in [5.41, 5.74) is 0.211. The van der Waals surface area contributed by atoms with E-state index in [-0.39, 0.29) is 22.2 Å². The van der Waals surface area contributed by atoms with Crippen LogP contribution in [0.1, 0.15) is 6.42 Å². The minimum absolute atomic E-state index is 0.0136. The average Bonchev–Trinajstić information content (AvgIpc) is 2.73. The summed E-state index contributed by atoms with van der Waals surface area (Å²) in [6.07, 6.45) is 0.305. The molecule has 0 bridgehead atoms. The first-order valence-corrected chi connectivity index (χ1v) is 8.62. The third-order valence-corrected chi connectivity index (χ3v) is 5.28. The highest BCUT2D eigenvalue weighted by Crippen LogP contribution is 2.25. The van der Waals surface area contributed by atoms with E-state index in [0.29, 0.717) is 11.4 Å². The van der Waals surface area contributed by atoms with Gasteiger partial charge in [0.1, 0.15) is 0 Å². The number of carbonyl (C=O) groups excluding carboxylic acids is 2. The zero-order valence-electron chi connectivity index (χ0n) is 10.7. The second-order valence-electron chi connectivity index (χ2n) is 4.65. The third kappa shape index (κ3) is 4.33. The van der Waals surface area contributed by atoms with E-state index in [0.717, 1.165) is 0 Å². The number of rotatable bonds is 2. The fourth-order valence-electron chi connectivity index (χ4n) is 1.93. The molecule has 6 nitrogen and oxygen atoms in total. The number of anilines is 1. The fourth-order valence-corrected chi connectivity index (χ4v) is 3.94. The van der Waals surface area contributed by atoms with E-state index in [1.165, 1.54) is 12.1 Å². The molecule has 1 fully saturated rings. The lowest BCUT2D eigenvalue weighted by molar-refractivity contribution is -0.136. The van der Waals surface area contributed by atoms with Crippen LogP contribution in [0, 0.1) is 0 Å². The van der Waals surface area contributed by atoms with E-state index in [1.54, 1.807) is 6.07 Å². The highest BCUT2D eigenvalue weighted by molar-refractivity contribution is 7.91. The Morgan fingerprint density at radius 3 is 2.52 bits per heavy atom. The van der Waals surface area contributed by atoms with Crippen molar-refractivity contribution in [3.05, 3.63) is 28.2 Å². The van der Waals surface area contributed by atoms with Crippen molar-refractivity contribution in [1.29, 1.82) is 0 Å². The molecule has 0 saturated carbocycles. The summed E-state index contributed by atoms with van der Waals surface area (Å²) >= 11 is 11.6. The number of hydrogen-bond donors (Lipinski definition) is 2. The lowest BCUT2D eigenvalue weighted by atomic mass is 10.2. The minimum Gasteiger partial charge on any atom is -0.344 e. The monoisotopic (exact) mass is 350 g/mol. The Labute approximate surface area is 131 Å². The number of carbonyl (C=O) groups is 2. The minimum atomic E-state index is -3.12. The Hall–Kier alpha value is -1.31. The Bertz CT molecular complexity index is 690. The third-order valence-electron chi connectivity index (χ3n) is 2.95. The molecule has 2 rings (SSSR count). The summed E-state index contributed by atoms with van der Waals surface area (Å²) in [5.74, 6) is -1.97. The van der Waals surface area contributed by atoms with Gasteiger partial charge in [0.15, 0.2) is 9.84 Å². The average molecular weight is 351 g/mol. The number of hydrogen-bond acceptors (Lipinski definition) is 4. The highest BCUT2D eigenvalue weighted by Gasteiger charge is 2.30. The van der Waals surface area contributed by atoms with Crippen LogP contribution in [0.4, 0.5) is 5.69 Å². The molecular weight excluding hydrogens is 339 g/mol. The predicted molar refractivity (Wildman–Crippen MR) is 80.3 cm³/mol. The van der Waals surface area contributed by atoms with Crippen molar-refractivity contribution in [2.24, 2.45) is 0 Å². The Morgan fingerprint density at radius 2 is 1.90 bits per heavy atom. The summed E-state index contributed by atoms with van der Waals surface area (Å²) in [4.78, 5) is 23.5. The van der Waals surface area contributed by atoms with E-state index < -0.39 is 27.7 Å². The van der Waals surface area contributed by atoms with Gasteiger partial charge in [-0.05, 0) is 24.6 Å². The van der Waals surface area contributed by atoms with Crippen molar-refractivity contribution >= 4 is 50.5 Å². The van der Waals surface area contributed by atoms with Gasteiger partial charge < -0.3 is 10.6 Å². The molecular formula is C12H12Cl2N2O4S. The van der Waals surface area contributed by atoms with Gasteiger partial charge in [-0.2, -0.15) is 0 Å². The zero-order chi connectivity index (χ0) is 15.6. The van der Waals surface area contributed by atoms with Gasteiger partial charge in [0.2, 0.25) is 0 Å².